The Labute approximate surface area is 181 Å². The van der Waals surface area contributed by atoms with Crippen LogP contribution in [0.5, 0.6) is 0 Å². The lowest BCUT2D eigenvalue weighted by atomic mass is 10.1. The smallest absolute Gasteiger partial charge is 0.327 e. The van der Waals surface area contributed by atoms with Gasteiger partial charge in [-0.3, -0.25) is 9.59 Å². The van der Waals surface area contributed by atoms with Gasteiger partial charge >= 0.3 is 11.9 Å². The van der Waals surface area contributed by atoms with Crippen LogP contribution in [0.25, 0.3) is 6.08 Å². The highest BCUT2D eigenvalue weighted by atomic mass is 16.7. The Balaban J connectivity index is 1.57. The number of hydrogen-bond acceptors (Lipinski definition) is 5. The van der Waals surface area contributed by atoms with Crippen molar-refractivity contribution in [3.8, 4) is 0 Å². The zero-order valence-electron chi connectivity index (χ0n) is 17.4. The minimum Gasteiger partial charge on any atom is -0.422 e. The molecule has 5 heteroatoms. The van der Waals surface area contributed by atoms with Gasteiger partial charge in [-0.25, -0.2) is 0 Å². The van der Waals surface area contributed by atoms with Gasteiger partial charge in [-0.2, -0.15) is 0 Å². The monoisotopic (exact) mass is 413 g/mol. The van der Waals surface area contributed by atoms with Gasteiger partial charge in [0.1, 0.15) is 0 Å². The fourth-order valence-electron chi connectivity index (χ4n) is 3.43. The third-order valence-electron chi connectivity index (χ3n) is 4.86. The summed E-state index contributed by atoms with van der Waals surface area (Å²) in [5.41, 5.74) is 3.95. The van der Waals surface area contributed by atoms with Crippen molar-refractivity contribution in [2.24, 2.45) is 5.92 Å². The van der Waals surface area contributed by atoms with Crippen molar-refractivity contribution < 1.29 is 19.1 Å². The molecule has 3 aromatic carbocycles. The summed E-state index contributed by atoms with van der Waals surface area (Å²) >= 11 is 0. The van der Waals surface area contributed by atoms with Crippen molar-refractivity contribution in [3.63, 3.8) is 0 Å². The second-order valence-electron chi connectivity index (χ2n) is 7.68. The van der Waals surface area contributed by atoms with Crippen LogP contribution in [-0.4, -0.2) is 17.7 Å². The van der Waals surface area contributed by atoms with E-state index in [4.69, 9.17) is 9.47 Å². The van der Waals surface area contributed by atoms with E-state index in [1.165, 1.54) is 19.9 Å². The summed E-state index contributed by atoms with van der Waals surface area (Å²) in [6.45, 7) is 3.07. The molecule has 5 nitrogen and oxygen atoms in total. The number of rotatable bonds is 5. The van der Waals surface area contributed by atoms with Gasteiger partial charge in [-0.1, -0.05) is 60.7 Å². The van der Waals surface area contributed by atoms with Crippen LogP contribution in [0.1, 0.15) is 19.4 Å². The van der Waals surface area contributed by atoms with Crippen LogP contribution in [0.4, 0.5) is 17.1 Å². The number of ether oxygens (including phenoxy) is 2. The number of carbonyl (C=O) groups excluding carboxylic acids is 2. The number of hydrogen-bond donors (Lipinski definition) is 0. The third-order valence-corrected chi connectivity index (χ3v) is 4.86. The molecule has 0 saturated carbocycles. The Morgan fingerprint density at radius 3 is 1.65 bits per heavy atom. The SMILES string of the molecule is CC1(C)OC(=O)C(C=Cc2ccc(N(c3ccccc3)c3ccccc3)cc2)C(=O)O1. The minimum atomic E-state index is -1.22. The molecule has 1 aliphatic heterocycles. The number of cyclic esters (lactones) is 2. The number of esters is 2. The van der Waals surface area contributed by atoms with Crippen molar-refractivity contribution in [3.05, 3.63) is 96.6 Å². The fraction of sp³-hybridized carbons (Fsp3) is 0.154. The molecular formula is C26H23NO4. The Hall–Kier alpha value is -3.86. The lowest BCUT2D eigenvalue weighted by molar-refractivity contribution is -0.237. The molecule has 0 bridgehead atoms. The molecule has 4 rings (SSSR count). The molecule has 0 unspecified atom stereocenters. The highest BCUT2D eigenvalue weighted by Crippen LogP contribution is 2.34. The summed E-state index contributed by atoms with van der Waals surface area (Å²) in [4.78, 5) is 26.4. The summed E-state index contributed by atoms with van der Waals surface area (Å²) < 4.78 is 10.3. The van der Waals surface area contributed by atoms with Gasteiger partial charge in [0.2, 0.25) is 0 Å². The molecule has 1 fully saturated rings. The molecule has 0 atom stereocenters. The standard InChI is InChI=1S/C26H23NO4/c1-26(2)30-24(28)23(25(29)31-26)18-15-19-13-16-22(17-14-19)27(20-9-5-3-6-10-20)21-11-7-4-8-12-21/h3-18,23H,1-2H3. The van der Waals surface area contributed by atoms with E-state index >= 15 is 0 Å². The van der Waals surface area contributed by atoms with Crippen molar-refractivity contribution in [1.29, 1.82) is 0 Å². The summed E-state index contributed by atoms with van der Waals surface area (Å²) in [7, 11) is 0. The second kappa shape index (κ2) is 8.48. The predicted molar refractivity (Wildman–Crippen MR) is 120 cm³/mol. The van der Waals surface area contributed by atoms with E-state index in [-0.39, 0.29) is 0 Å². The quantitative estimate of drug-likeness (QED) is 0.401. The minimum absolute atomic E-state index is 0.603. The maximum absolute atomic E-state index is 12.1. The zero-order valence-corrected chi connectivity index (χ0v) is 17.4. The first-order chi connectivity index (χ1) is 14.9. The number of carbonyl (C=O) groups is 2. The highest BCUT2D eigenvalue weighted by molar-refractivity contribution is 5.99. The van der Waals surface area contributed by atoms with Crippen molar-refractivity contribution in [1.82, 2.24) is 0 Å². The Morgan fingerprint density at radius 1 is 0.710 bits per heavy atom. The van der Waals surface area contributed by atoms with E-state index in [2.05, 4.69) is 29.2 Å². The van der Waals surface area contributed by atoms with Crippen LogP contribution >= 0.6 is 0 Å². The first-order valence-electron chi connectivity index (χ1n) is 10.1. The second-order valence-corrected chi connectivity index (χ2v) is 7.68. The topological polar surface area (TPSA) is 55.8 Å². The molecule has 1 heterocycles. The van der Waals surface area contributed by atoms with Crippen molar-refractivity contribution in [2.75, 3.05) is 4.90 Å². The Kier molecular flexibility index (Phi) is 5.58. The van der Waals surface area contributed by atoms with Gasteiger partial charge in [0, 0.05) is 30.9 Å². The van der Waals surface area contributed by atoms with Gasteiger partial charge in [-0.05, 0) is 42.0 Å². The molecule has 0 aromatic heterocycles. The van der Waals surface area contributed by atoms with Gasteiger partial charge in [0.05, 0.1) is 0 Å². The summed E-state index contributed by atoms with van der Waals surface area (Å²) in [6.07, 6.45) is 3.24. The fourth-order valence-corrected chi connectivity index (χ4v) is 3.43. The first-order valence-corrected chi connectivity index (χ1v) is 10.1. The Bertz CT molecular complexity index is 1030. The largest absolute Gasteiger partial charge is 0.422 e. The zero-order chi connectivity index (χ0) is 21.8. The molecule has 0 radical (unpaired) electrons. The number of benzene rings is 3. The van der Waals surface area contributed by atoms with Crippen LogP contribution in [0, 0.1) is 5.92 Å². The van der Waals surface area contributed by atoms with Crippen LogP contribution < -0.4 is 4.90 Å². The van der Waals surface area contributed by atoms with Gasteiger partial charge in [0.25, 0.3) is 5.79 Å². The summed E-state index contributed by atoms with van der Waals surface area (Å²) in [5.74, 6) is -3.49. The van der Waals surface area contributed by atoms with Crippen molar-refractivity contribution >= 4 is 35.1 Å². The molecule has 0 aliphatic carbocycles. The molecule has 0 spiro atoms. The van der Waals surface area contributed by atoms with E-state index in [1.54, 1.807) is 6.08 Å². The molecular weight excluding hydrogens is 390 g/mol. The lowest BCUT2D eigenvalue weighted by Crippen LogP contribution is -2.45. The maximum Gasteiger partial charge on any atom is 0.327 e. The van der Waals surface area contributed by atoms with E-state index < -0.39 is 23.6 Å². The molecule has 0 N–H and O–H groups in total. The van der Waals surface area contributed by atoms with Gasteiger partial charge in [0.15, 0.2) is 5.92 Å². The summed E-state index contributed by atoms with van der Waals surface area (Å²) in [5, 5.41) is 0. The normalized spacial score (nSPS) is 16.1. The van der Waals surface area contributed by atoms with E-state index in [0.717, 1.165) is 22.6 Å². The molecule has 3 aromatic rings. The van der Waals surface area contributed by atoms with Crippen molar-refractivity contribution in [2.45, 2.75) is 19.6 Å². The highest BCUT2D eigenvalue weighted by Gasteiger charge is 2.41. The molecule has 0 amide bonds. The van der Waals surface area contributed by atoms with Crippen LogP contribution in [0.3, 0.4) is 0 Å². The number of nitrogens with zero attached hydrogens (tertiary/aromatic N) is 1. The molecule has 156 valence electrons. The predicted octanol–water partition coefficient (Wildman–Crippen LogP) is 5.62. The maximum atomic E-state index is 12.1. The van der Waals surface area contributed by atoms with Gasteiger partial charge < -0.3 is 14.4 Å². The molecule has 1 aliphatic rings. The lowest BCUT2D eigenvalue weighted by Gasteiger charge is -2.31. The first kappa shape index (κ1) is 20.4. The van der Waals surface area contributed by atoms with Gasteiger partial charge in [-0.15, -0.1) is 0 Å². The number of anilines is 3. The Morgan fingerprint density at radius 2 is 1.16 bits per heavy atom. The van der Waals surface area contributed by atoms with Crippen LogP contribution in [0.2, 0.25) is 0 Å². The van der Waals surface area contributed by atoms with E-state index in [0.29, 0.717) is 0 Å². The third kappa shape index (κ3) is 4.67. The molecule has 31 heavy (non-hydrogen) atoms. The average Bonchev–Trinajstić information content (AvgIpc) is 2.75. The number of para-hydroxylation sites is 2. The molecule has 1 saturated heterocycles. The average molecular weight is 413 g/mol. The van der Waals surface area contributed by atoms with E-state index in [9.17, 15) is 9.59 Å². The van der Waals surface area contributed by atoms with Crippen LogP contribution in [-0.2, 0) is 19.1 Å². The summed E-state index contributed by atoms with van der Waals surface area (Å²) in [6, 6.07) is 28.1. The van der Waals surface area contributed by atoms with E-state index in [1.807, 2.05) is 60.7 Å². The van der Waals surface area contributed by atoms with Crippen LogP contribution in [0.15, 0.2) is 91.0 Å².